The molecule has 0 aromatic heterocycles. The summed E-state index contributed by atoms with van der Waals surface area (Å²) >= 11 is 0. The van der Waals surface area contributed by atoms with Gasteiger partial charge < -0.3 is 4.74 Å². The van der Waals surface area contributed by atoms with Gasteiger partial charge in [-0.05, 0) is 23.6 Å². The first-order chi connectivity index (χ1) is 10.6. The van der Waals surface area contributed by atoms with E-state index in [1.54, 1.807) is 12.1 Å². The van der Waals surface area contributed by atoms with E-state index in [2.05, 4.69) is 4.74 Å². The minimum absolute atomic E-state index is 0.237. The molecule has 0 fully saturated rings. The molecule has 0 saturated carbocycles. The van der Waals surface area contributed by atoms with Crippen molar-refractivity contribution in [3.63, 3.8) is 0 Å². The van der Waals surface area contributed by atoms with Gasteiger partial charge in [-0.15, -0.1) is 0 Å². The largest absolute Gasteiger partial charge is 0.469 e. The molecule has 2 rings (SSSR count). The quantitative estimate of drug-likeness (QED) is 0.362. The number of rotatable bonds is 5. The van der Waals surface area contributed by atoms with Crippen LogP contribution in [0.5, 0.6) is 0 Å². The summed E-state index contributed by atoms with van der Waals surface area (Å²) in [7, 11) is 1.28. The van der Waals surface area contributed by atoms with Crippen LogP contribution in [-0.4, -0.2) is 18.9 Å². The van der Waals surface area contributed by atoms with E-state index in [-0.39, 0.29) is 12.2 Å². The third-order valence-electron chi connectivity index (χ3n) is 3.39. The van der Waals surface area contributed by atoms with Gasteiger partial charge in [0.25, 0.3) is 0 Å². The van der Waals surface area contributed by atoms with Gasteiger partial charge in [0.2, 0.25) is 0 Å². The summed E-state index contributed by atoms with van der Waals surface area (Å²) in [5.74, 6) is -0.761. The molecule has 0 aliphatic heterocycles. The lowest BCUT2D eigenvalue weighted by Crippen LogP contribution is -2.10. The first kappa shape index (κ1) is 15.7. The van der Waals surface area contributed by atoms with E-state index in [4.69, 9.17) is 0 Å². The van der Waals surface area contributed by atoms with Crippen molar-refractivity contribution < 1.29 is 14.3 Å². The van der Waals surface area contributed by atoms with Gasteiger partial charge in [0.1, 0.15) is 6.42 Å². The zero-order chi connectivity index (χ0) is 15.9. The fourth-order valence-electron chi connectivity index (χ4n) is 2.19. The number of methoxy groups -OCH3 is 1. The molecule has 0 bridgehead atoms. The van der Waals surface area contributed by atoms with Crippen LogP contribution in [0.2, 0.25) is 0 Å². The molecular weight excluding hydrogens is 276 g/mol. The average Bonchev–Trinajstić information content (AvgIpc) is 2.55. The summed E-state index contributed by atoms with van der Waals surface area (Å²) < 4.78 is 4.56. The van der Waals surface area contributed by atoms with Gasteiger partial charge in [0.05, 0.1) is 7.11 Å². The topological polar surface area (TPSA) is 43.4 Å². The van der Waals surface area contributed by atoms with Crippen molar-refractivity contribution >= 4 is 23.4 Å². The van der Waals surface area contributed by atoms with Crippen LogP contribution in [-0.2, 0) is 9.53 Å². The highest BCUT2D eigenvalue weighted by Gasteiger charge is 2.14. The van der Waals surface area contributed by atoms with Gasteiger partial charge in [-0.25, -0.2) is 0 Å². The molecule has 22 heavy (non-hydrogen) atoms. The van der Waals surface area contributed by atoms with Crippen LogP contribution in [0.3, 0.4) is 0 Å². The molecule has 2 aromatic carbocycles. The molecule has 112 valence electrons. The lowest BCUT2D eigenvalue weighted by molar-refractivity contribution is -0.139. The number of carbonyl (C=O) groups is 2. The maximum absolute atomic E-state index is 12.2. The second-order valence-corrected chi connectivity index (χ2v) is 4.96. The normalized spacial score (nSPS) is 11.1. The van der Waals surface area contributed by atoms with E-state index in [0.29, 0.717) is 5.56 Å². The fraction of sp³-hybridized carbons (Fsp3) is 0.158. The van der Waals surface area contributed by atoms with Crippen LogP contribution >= 0.6 is 0 Å². The van der Waals surface area contributed by atoms with Crippen molar-refractivity contribution in [3.05, 3.63) is 71.3 Å². The van der Waals surface area contributed by atoms with E-state index >= 15 is 0 Å². The summed E-state index contributed by atoms with van der Waals surface area (Å²) in [6.45, 7) is 2.00. The van der Waals surface area contributed by atoms with Crippen LogP contribution in [0.15, 0.2) is 54.6 Å². The van der Waals surface area contributed by atoms with Crippen LogP contribution in [0.1, 0.15) is 34.8 Å². The third kappa shape index (κ3) is 3.92. The van der Waals surface area contributed by atoms with Crippen LogP contribution in [0.4, 0.5) is 0 Å². The maximum Gasteiger partial charge on any atom is 0.313 e. The number of hydrogen-bond acceptors (Lipinski definition) is 3. The molecule has 0 spiro atoms. The minimum atomic E-state index is -0.524. The molecular formula is C19H18O3. The average molecular weight is 294 g/mol. The lowest BCUT2D eigenvalue weighted by Gasteiger charge is -2.07. The Labute approximate surface area is 130 Å². The Bertz CT molecular complexity index is 700. The van der Waals surface area contributed by atoms with Gasteiger partial charge in [-0.3, -0.25) is 9.59 Å². The van der Waals surface area contributed by atoms with Crippen molar-refractivity contribution in [1.29, 1.82) is 0 Å². The lowest BCUT2D eigenvalue weighted by atomic mass is 9.98. The van der Waals surface area contributed by atoms with Crippen molar-refractivity contribution in [2.24, 2.45) is 0 Å². The molecule has 3 heteroatoms. The summed E-state index contributed by atoms with van der Waals surface area (Å²) in [6, 6.07) is 17.2. The van der Waals surface area contributed by atoms with Crippen molar-refractivity contribution in [2.75, 3.05) is 7.11 Å². The van der Waals surface area contributed by atoms with E-state index in [1.807, 2.05) is 55.5 Å². The summed E-state index contributed by atoms with van der Waals surface area (Å²) in [4.78, 5) is 23.5. The predicted octanol–water partition coefficient (Wildman–Crippen LogP) is 3.99. The third-order valence-corrected chi connectivity index (χ3v) is 3.39. The summed E-state index contributed by atoms with van der Waals surface area (Å²) in [6.07, 6.45) is 1.71. The SMILES string of the molecule is COC(=O)CC(=O)c1ccccc1/C=C(\C)c1ccccc1. The molecule has 2 aromatic rings. The van der Waals surface area contributed by atoms with Crippen molar-refractivity contribution in [3.8, 4) is 0 Å². The highest BCUT2D eigenvalue weighted by atomic mass is 16.5. The number of hydrogen-bond donors (Lipinski definition) is 0. The molecule has 0 heterocycles. The van der Waals surface area contributed by atoms with E-state index < -0.39 is 5.97 Å². The van der Waals surface area contributed by atoms with E-state index in [9.17, 15) is 9.59 Å². The predicted molar refractivity (Wildman–Crippen MR) is 87.4 cm³/mol. The van der Waals surface area contributed by atoms with Crippen LogP contribution in [0, 0.1) is 0 Å². The maximum atomic E-state index is 12.2. The van der Waals surface area contributed by atoms with Gasteiger partial charge in [-0.2, -0.15) is 0 Å². The Kier molecular flexibility index (Phi) is 5.26. The monoisotopic (exact) mass is 294 g/mol. The second-order valence-electron chi connectivity index (χ2n) is 4.96. The van der Waals surface area contributed by atoms with E-state index in [0.717, 1.165) is 16.7 Å². The highest BCUT2D eigenvalue weighted by Crippen LogP contribution is 2.20. The minimum Gasteiger partial charge on any atom is -0.469 e. The van der Waals surface area contributed by atoms with Crippen LogP contribution in [0.25, 0.3) is 11.6 Å². The highest BCUT2D eigenvalue weighted by molar-refractivity contribution is 6.08. The van der Waals surface area contributed by atoms with Crippen molar-refractivity contribution in [2.45, 2.75) is 13.3 Å². The molecule has 0 aliphatic carbocycles. The first-order valence-corrected chi connectivity index (χ1v) is 7.04. The molecule has 0 saturated heterocycles. The number of ketones is 1. The number of carbonyl (C=O) groups excluding carboxylic acids is 2. The van der Waals surface area contributed by atoms with Gasteiger partial charge in [-0.1, -0.05) is 60.7 Å². The van der Waals surface area contributed by atoms with E-state index in [1.165, 1.54) is 7.11 Å². The second kappa shape index (κ2) is 7.36. The number of allylic oxidation sites excluding steroid dienone is 1. The molecule has 0 unspecified atom stereocenters. The van der Waals surface area contributed by atoms with Gasteiger partial charge >= 0.3 is 5.97 Å². The first-order valence-electron chi connectivity index (χ1n) is 7.04. The number of Topliss-reactive ketones (excluding diaryl/α,β-unsaturated/α-hetero) is 1. The molecule has 0 atom stereocenters. The number of esters is 1. The summed E-state index contributed by atoms with van der Waals surface area (Å²) in [5, 5.41) is 0. The number of benzene rings is 2. The summed E-state index contributed by atoms with van der Waals surface area (Å²) in [5.41, 5.74) is 3.48. The molecule has 3 nitrogen and oxygen atoms in total. The zero-order valence-corrected chi connectivity index (χ0v) is 12.7. The molecule has 0 radical (unpaired) electrons. The van der Waals surface area contributed by atoms with Crippen LogP contribution < -0.4 is 0 Å². The van der Waals surface area contributed by atoms with Gasteiger partial charge in [0, 0.05) is 5.56 Å². The Balaban J connectivity index is 2.33. The Morgan fingerprint density at radius 2 is 1.64 bits per heavy atom. The molecule has 0 N–H and O–H groups in total. The molecule has 0 aliphatic rings. The zero-order valence-electron chi connectivity index (χ0n) is 12.7. The Morgan fingerprint density at radius 3 is 2.32 bits per heavy atom. The van der Waals surface area contributed by atoms with Crippen molar-refractivity contribution in [1.82, 2.24) is 0 Å². The Morgan fingerprint density at radius 1 is 1.00 bits per heavy atom. The van der Waals surface area contributed by atoms with Gasteiger partial charge in [0.15, 0.2) is 5.78 Å². The standard InChI is InChI=1S/C19H18O3/c1-14(15-8-4-3-5-9-15)12-16-10-6-7-11-17(16)18(20)13-19(21)22-2/h3-12H,13H2,1-2H3/b14-12+. The fourth-order valence-corrected chi connectivity index (χ4v) is 2.19. The number of ether oxygens (including phenoxy) is 1. The smallest absolute Gasteiger partial charge is 0.313 e. The molecule has 0 amide bonds. The Hall–Kier alpha value is -2.68.